The second-order valence-electron chi connectivity index (χ2n) is 5.67. The lowest BCUT2D eigenvalue weighted by Crippen LogP contribution is -2.26. The molecule has 1 aromatic heterocycles. The molecule has 0 saturated heterocycles. The van der Waals surface area contributed by atoms with Crippen LogP contribution >= 0.6 is 0 Å². The molecule has 2 rings (SSSR count). The molecule has 0 N–H and O–H groups in total. The molecule has 0 spiro atoms. The molecule has 3 nitrogen and oxygen atoms in total. The van der Waals surface area contributed by atoms with Crippen LogP contribution < -0.4 is 5.56 Å². The van der Waals surface area contributed by atoms with Crippen molar-refractivity contribution in [3.8, 4) is 17.3 Å². The van der Waals surface area contributed by atoms with Crippen molar-refractivity contribution in [2.45, 2.75) is 40.2 Å². The highest BCUT2D eigenvalue weighted by Crippen LogP contribution is 2.25. The summed E-state index contributed by atoms with van der Waals surface area (Å²) in [6.45, 7) is 8.10. The first kappa shape index (κ1) is 15.1. The molecule has 0 atom stereocenters. The Labute approximate surface area is 125 Å². The lowest BCUT2D eigenvalue weighted by atomic mass is 10.0. The Hall–Kier alpha value is -2.34. The van der Waals surface area contributed by atoms with Crippen molar-refractivity contribution in [1.82, 2.24) is 4.57 Å². The highest BCUT2D eigenvalue weighted by atomic mass is 16.1. The minimum atomic E-state index is -0.0657. The molecule has 0 amide bonds. The maximum Gasteiger partial charge on any atom is 0.255 e. The SMILES string of the molecule is Cc1ccc(-c2ccc(CC#N)c(=O)n2C(C)C)c(C)c1. The molecular formula is C18H20N2O. The zero-order valence-corrected chi connectivity index (χ0v) is 13.0. The van der Waals surface area contributed by atoms with Gasteiger partial charge in [0.05, 0.1) is 18.2 Å². The maximum atomic E-state index is 12.6. The summed E-state index contributed by atoms with van der Waals surface area (Å²) in [5, 5.41) is 8.84. The molecule has 0 aliphatic rings. The van der Waals surface area contributed by atoms with Crippen LogP contribution in [0.3, 0.4) is 0 Å². The highest BCUT2D eigenvalue weighted by molar-refractivity contribution is 5.65. The van der Waals surface area contributed by atoms with Crippen LogP contribution in [-0.2, 0) is 6.42 Å². The molecular weight excluding hydrogens is 260 g/mol. The molecule has 21 heavy (non-hydrogen) atoms. The lowest BCUT2D eigenvalue weighted by Gasteiger charge is -2.19. The standard InChI is InChI=1S/C18H20N2O/c1-12(2)20-17(8-6-15(9-10-19)18(20)21)16-7-5-13(3)11-14(16)4/h5-8,11-12H,9H2,1-4H3. The van der Waals surface area contributed by atoms with E-state index in [4.69, 9.17) is 5.26 Å². The number of hydrogen-bond acceptors (Lipinski definition) is 2. The van der Waals surface area contributed by atoms with Crippen LogP contribution in [0.4, 0.5) is 0 Å². The van der Waals surface area contributed by atoms with Crippen LogP contribution in [0, 0.1) is 25.2 Å². The molecule has 2 aromatic rings. The normalized spacial score (nSPS) is 10.7. The predicted molar refractivity (Wildman–Crippen MR) is 85.3 cm³/mol. The van der Waals surface area contributed by atoms with Gasteiger partial charge in [-0.1, -0.05) is 29.8 Å². The van der Waals surface area contributed by atoms with Crippen LogP contribution in [0.5, 0.6) is 0 Å². The maximum absolute atomic E-state index is 12.6. The van der Waals surface area contributed by atoms with Gasteiger partial charge in [-0.3, -0.25) is 4.79 Å². The summed E-state index contributed by atoms with van der Waals surface area (Å²) >= 11 is 0. The summed E-state index contributed by atoms with van der Waals surface area (Å²) in [5.74, 6) is 0. The number of pyridine rings is 1. The van der Waals surface area contributed by atoms with E-state index >= 15 is 0 Å². The van der Waals surface area contributed by atoms with E-state index in [-0.39, 0.29) is 18.0 Å². The van der Waals surface area contributed by atoms with Crippen molar-refractivity contribution >= 4 is 0 Å². The van der Waals surface area contributed by atoms with Crippen molar-refractivity contribution in [3.05, 3.63) is 57.4 Å². The number of aryl methyl sites for hydroxylation is 2. The lowest BCUT2D eigenvalue weighted by molar-refractivity contribution is 0.581. The third-order valence-electron chi connectivity index (χ3n) is 3.64. The molecule has 0 aliphatic carbocycles. The van der Waals surface area contributed by atoms with Crippen molar-refractivity contribution in [2.75, 3.05) is 0 Å². The average Bonchev–Trinajstić information content (AvgIpc) is 2.41. The molecule has 0 radical (unpaired) electrons. The Bertz CT molecular complexity index is 764. The van der Waals surface area contributed by atoms with Gasteiger partial charge in [-0.15, -0.1) is 0 Å². The van der Waals surface area contributed by atoms with Gasteiger partial charge >= 0.3 is 0 Å². The first-order valence-corrected chi connectivity index (χ1v) is 7.14. The van der Waals surface area contributed by atoms with E-state index in [1.165, 1.54) is 5.56 Å². The quantitative estimate of drug-likeness (QED) is 0.859. The van der Waals surface area contributed by atoms with Crippen LogP contribution in [0.2, 0.25) is 0 Å². The van der Waals surface area contributed by atoms with Crippen molar-refractivity contribution < 1.29 is 0 Å². The Kier molecular flexibility index (Phi) is 4.28. The van der Waals surface area contributed by atoms with Gasteiger partial charge in [-0.25, -0.2) is 0 Å². The molecule has 0 saturated carbocycles. The fraction of sp³-hybridized carbons (Fsp3) is 0.333. The Morgan fingerprint density at radius 3 is 2.48 bits per heavy atom. The Balaban J connectivity index is 2.72. The summed E-state index contributed by atoms with van der Waals surface area (Å²) in [4.78, 5) is 12.6. The van der Waals surface area contributed by atoms with Crippen LogP contribution in [0.25, 0.3) is 11.3 Å². The monoisotopic (exact) mass is 280 g/mol. The average molecular weight is 280 g/mol. The van der Waals surface area contributed by atoms with E-state index < -0.39 is 0 Å². The van der Waals surface area contributed by atoms with E-state index in [2.05, 4.69) is 38.1 Å². The van der Waals surface area contributed by atoms with Crippen LogP contribution in [0.15, 0.2) is 35.1 Å². The molecule has 0 unspecified atom stereocenters. The van der Waals surface area contributed by atoms with E-state index in [0.717, 1.165) is 16.8 Å². The summed E-state index contributed by atoms with van der Waals surface area (Å²) in [6, 6.07) is 12.1. The minimum absolute atomic E-state index is 0.0480. The van der Waals surface area contributed by atoms with Crippen molar-refractivity contribution in [2.24, 2.45) is 0 Å². The van der Waals surface area contributed by atoms with E-state index in [1.54, 1.807) is 10.6 Å². The van der Waals surface area contributed by atoms with E-state index in [1.807, 2.05) is 19.9 Å². The van der Waals surface area contributed by atoms with Gasteiger partial charge in [-0.05, 0) is 39.3 Å². The van der Waals surface area contributed by atoms with Gasteiger partial charge in [0.2, 0.25) is 0 Å². The first-order chi connectivity index (χ1) is 9.95. The largest absolute Gasteiger partial charge is 0.306 e. The highest BCUT2D eigenvalue weighted by Gasteiger charge is 2.14. The van der Waals surface area contributed by atoms with Gasteiger partial charge in [0.15, 0.2) is 0 Å². The van der Waals surface area contributed by atoms with Crippen LogP contribution in [0.1, 0.15) is 36.6 Å². The molecule has 1 aromatic carbocycles. The minimum Gasteiger partial charge on any atom is -0.306 e. The topological polar surface area (TPSA) is 45.8 Å². The fourth-order valence-corrected chi connectivity index (χ4v) is 2.65. The smallest absolute Gasteiger partial charge is 0.255 e. The number of benzene rings is 1. The van der Waals surface area contributed by atoms with Gasteiger partial charge < -0.3 is 4.57 Å². The third kappa shape index (κ3) is 2.90. The predicted octanol–water partition coefficient (Wildman–Crippen LogP) is 3.78. The molecule has 0 aliphatic heterocycles. The Morgan fingerprint density at radius 1 is 1.19 bits per heavy atom. The summed E-state index contributed by atoms with van der Waals surface area (Å²) in [7, 11) is 0. The van der Waals surface area contributed by atoms with Crippen molar-refractivity contribution in [1.29, 1.82) is 5.26 Å². The summed E-state index contributed by atoms with van der Waals surface area (Å²) in [6.07, 6.45) is 0.152. The summed E-state index contributed by atoms with van der Waals surface area (Å²) < 4.78 is 1.78. The van der Waals surface area contributed by atoms with Crippen molar-refractivity contribution in [3.63, 3.8) is 0 Å². The third-order valence-corrected chi connectivity index (χ3v) is 3.64. The van der Waals surface area contributed by atoms with E-state index in [9.17, 15) is 4.79 Å². The number of aromatic nitrogens is 1. The van der Waals surface area contributed by atoms with Crippen LogP contribution in [-0.4, -0.2) is 4.57 Å². The number of nitriles is 1. The summed E-state index contributed by atoms with van der Waals surface area (Å²) in [5.41, 5.74) is 4.82. The zero-order valence-electron chi connectivity index (χ0n) is 13.0. The molecule has 0 fully saturated rings. The van der Waals surface area contributed by atoms with Gasteiger partial charge in [0.1, 0.15) is 0 Å². The van der Waals surface area contributed by atoms with Gasteiger partial charge in [0, 0.05) is 17.2 Å². The molecule has 108 valence electrons. The number of rotatable bonds is 3. The number of nitrogens with zero attached hydrogens (tertiary/aromatic N) is 2. The zero-order chi connectivity index (χ0) is 15.6. The number of hydrogen-bond donors (Lipinski definition) is 0. The Morgan fingerprint density at radius 2 is 1.90 bits per heavy atom. The molecule has 1 heterocycles. The second kappa shape index (κ2) is 5.97. The van der Waals surface area contributed by atoms with E-state index in [0.29, 0.717) is 5.56 Å². The second-order valence-corrected chi connectivity index (χ2v) is 5.67. The van der Waals surface area contributed by atoms with Gasteiger partial charge in [0.25, 0.3) is 5.56 Å². The molecule has 0 bridgehead atoms. The van der Waals surface area contributed by atoms with Gasteiger partial charge in [-0.2, -0.15) is 5.26 Å². The molecule has 3 heteroatoms. The fourth-order valence-electron chi connectivity index (χ4n) is 2.65. The first-order valence-electron chi connectivity index (χ1n) is 7.14.